The molecule has 3 N–H and O–H groups in total. The molecule has 2 bridgehead atoms. The molecule has 0 radical (unpaired) electrons. The van der Waals surface area contributed by atoms with Gasteiger partial charge in [-0.15, -0.1) is 0 Å². The molecule has 6 nitrogen and oxygen atoms in total. The lowest BCUT2D eigenvalue weighted by atomic mass is 9.97. The number of hydrogen-bond acceptors (Lipinski definition) is 5. The van der Waals surface area contributed by atoms with Gasteiger partial charge in [-0.1, -0.05) is 12.1 Å². The molecule has 2 aliphatic rings. The van der Waals surface area contributed by atoms with Crippen LogP contribution in [0, 0.1) is 5.92 Å². The molecule has 6 heteroatoms. The molecule has 0 spiro atoms. The van der Waals surface area contributed by atoms with E-state index in [0.29, 0.717) is 17.4 Å². The number of fused-ring (bicyclic) bond motifs is 2. The van der Waals surface area contributed by atoms with Crippen molar-refractivity contribution in [2.75, 3.05) is 25.4 Å². The van der Waals surface area contributed by atoms with Crippen LogP contribution in [-0.2, 0) is 0 Å². The molecule has 4 rings (SSSR count). The van der Waals surface area contributed by atoms with Gasteiger partial charge < -0.3 is 20.4 Å². The molecule has 1 aromatic carbocycles. The van der Waals surface area contributed by atoms with E-state index in [-0.39, 0.29) is 17.8 Å². The summed E-state index contributed by atoms with van der Waals surface area (Å²) in [5, 5.41) is 3.05. The topological polar surface area (TPSA) is 84.4 Å². The second kappa shape index (κ2) is 5.70. The molecule has 0 aliphatic carbocycles. The van der Waals surface area contributed by atoms with Gasteiger partial charge in [-0.25, -0.2) is 4.98 Å². The molecule has 0 saturated carbocycles. The Morgan fingerprint density at radius 3 is 3.13 bits per heavy atom. The van der Waals surface area contributed by atoms with Crippen LogP contribution in [0.4, 0.5) is 5.69 Å². The molecule has 1 amide bonds. The summed E-state index contributed by atoms with van der Waals surface area (Å²) in [7, 11) is 0. The van der Waals surface area contributed by atoms with E-state index in [0.717, 1.165) is 25.1 Å². The van der Waals surface area contributed by atoms with E-state index >= 15 is 0 Å². The number of anilines is 1. The van der Waals surface area contributed by atoms with Gasteiger partial charge in [0.2, 0.25) is 0 Å². The summed E-state index contributed by atoms with van der Waals surface area (Å²) in [6.07, 6.45) is 3.85. The summed E-state index contributed by atoms with van der Waals surface area (Å²) in [4.78, 5) is 18.9. The maximum atomic E-state index is 12.3. The van der Waals surface area contributed by atoms with Crippen LogP contribution in [-0.4, -0.2) is 41.5 Å². The third-order valence-corrected chi connectivity index (χ3v) is 4.67. The summed E-state index contributed by atoms with van der Waals surface area (Å²) in [5.41, 5.74) is 7.24. The Bertz CT molecular complexity index is 715. The molecule has 2 saturated heterocycles. The molecule has 120 valence electrons. The lowest BCUT2D eigenvalue weighted by Gasteiger charge is -2.30. The van der Waals surface area contributed by atoms with Crippen molar-refractivity contribution in [2.45, 2.75) is 18.9 Å². The molecule has 2 aromatic rings. The standard InChI is InChI=1S/C17H20N4O2/c18-13-3-1-2-12(7-13)15-8-19-17(23-15)16(22)20-14-6-11-4-5-21(9-11)10-14/h1-3,7-8,11,14H,4-6,9-10,18H2,(H,20,22). The highest BCUT2D eigenvalue weighted by atomic mass is 16.4. The number of benzene rings is 1. The Labute approximate surface area is 134 Å². The Morgan fingerprint density at radius 1 is 1.39 bits per heavy atom. The van der Waals surface area contributed by atoms with Gasteiger partial charge in [-0.3, -0.25) is 4.79 Å². The SMILES string of the molecule is Nc1cccc(-c2cnc(C(=O)NC3CC4CCN(C4)C3)o2)c1. The minimum atomic E-state index is -0.243. The summed E-state index contributed by atoms with van der Waals surface area (Å²) in [6, 6.07) is 7.52. The van der Waals surface area contributed by atoms with Crippen LogP contribution in [0.3, 0.4) is 0 Å². The van der Waals surface area contributed by atoms with Gasteiger partial charge in [0.25, 0.3) is 5.89 Å². The maximum absolute atomic E-state index is 12.3. The van der Waals surface area contributed by atoms with E-state index < -0.39 is 0 Å². The fraction of sp³-hybridized carbons (Fsp3) is 0.412. The van der Waals surface area contributed by atoms with Gasteiger partial charge in [0, 0.05) is 30.4 Å². The molecule has 2 fully saturated rings. The van der Waals surface area contributed by atoms with Gasteiger partial charge in [-0.05, 0) is 37.4 Å². The van der Waals surface area contributed by atoms with E-state index in [4.69, 9.17) is 10.2 Å². The van der Waals surface area contributed by atoms with Crippen LogP contribution in [0.15, 0.2) is 34.9 Å². The van der Waals surface area contributed by atoms with Crippen LogP contribution in [0.25, 0.3) is 11.3 Å². The van der Waals surface area contributed by atoms with E-state index in [2.05, 4.69) is 15.2 Å². The number of carbonyl (C=O) groups excluding carboxylic acids is 1. The summed E-state index contributed by atoms with van der Waals surface area (Å²) in [6.45, 7) is 3.24. The minimum absolute atomic E-state index is 0.107. The first-order valence-corrected chi connectivity index (χ1v) is 8.02. The number of oxazole rings is 1. The molecule has 3 heterocycles. The number of nitrogen functional groups attached to an aromatic ring is 1. The van der Waals surface area contributed by atoms with E-state index in [1.54, 1.807) is 18.3 Å². The van der Waals surface area contributed by atoms with Gasteiger partial charge in [-0.2, -0.15) is 0 Å². The number of aromatic nitrogens is 1. The van der Waals surface area contributed by atoms with Crippen molar-refractivity contribution in [2.24, 2.45) is 5.92 Å². The second-order valence-electron chi connectivity index (χ2n) is 6.48. The highest BCUT2D eigenvalue weighted by molar-refractivity contribution is 5.90. The van der Waals surface area contributed by atoms with Crippen LogP contribution in [0.5, 0.6) is 0 Å². The Morgan fingerprint density at radius 2 is 2.30 bits per heavy atom. The van der Waals surface area contributed by atoms with Crippen molar-refractivity contribution in [3.05, 3.63) is 36.4 Å². The molecule has 2 aliphatic heterocycles. The van der Waals surface area contributed by atoms with Crippen LogP contribution >= 0.6 is 0 Å². The molecule has 1 aromatic heterocycles. The number of nitrogens with zero attached hydrogens (tertiary/aromatic N) is 2. The number of carbonyl (C=O) groups is 1. The number of rotatable bonds is 3. The van der Waals surface area contributed by atoms with Crippen molar-refractivity contribution in [1.82, 2.24) is 15.2 Å². The lowest BCUT2D eigenvalue weighted by molar-refractivity contribution is 0.0875. The van der Waals surface area contributed by atoms with Crippen molar-refractivity contribution < 1.29 is 9.21 Å². The zero-order valence-corrected chi connectivity index (χ0v) is 12.9. The maximum Gasteiger partial charge on any atom is 0.307 e. The van der Waals surface area contributed by atoms with E-state index in [1.807, 2.05) is 12.1 Å². The zero-order valence-electron chi connectivity index (χ0n) is 12.9. The predicted molar refractivity (Wildman–Crippen MR) is 86.8 cm³/mol. The average molecular weight is 312 g/mol. The van der Waals surface area contributed by atoms with Gasteiger partial charge in [0.05, 0.1) is 6.20 Å². The van der Waals surface area contributed by atoms with Crippen LogP contribution in [0.1, 0.15) is 23.5 Å². The number of amides is 1. The minimum Gasteiger partial charge on any atom is -0.432 e. The highest BCUT2D eigenvalue weighted by Crippen LogP contribution is 2.27. The van der Waals surface area contributed by atoms with Crippen molar-refractivity contribution in [1.29, 1.82) is 0 Å². The normalized spacial score (nSPS) is 26.2. The van der Waals surface area contributed by atoms with Crippen LogP contribution < -0.4 is 11.1 Å². The number of hydrogen-bond donors (Lipinski definition) is 2. The first-order chi connectivity index (χ1) is 11.2. The van der Waals surface area contributed by atoms with Crippen molar-refractivity contribution in [3.63, 3.8) is 0 Å². The molecule has 3 unspecified atom stereocenters. The predicted octanol–water partition coefficient (Wildman–Crippen LogP) is 1.75. The van der Waals surface area contributed by atoms with Crippen LogP contribution in [0.2, 0.25) is 0 Å². The van der Waals surface area contributed by atoms with Gasteiger partial charge in [0.15, 0.2) is 5.76 Å². The Balaban J connectivity index is 1.45. The summed E-state index contributed by atoms with van der Waals surface area (Å²) >= 11 is 0. The monoisotopic (exact) mass is 312 g/mol. The lowest BCUT2D eigenvalue weighted by Crippen LogP contribution is -2.47. The molecular weight excluding hydrogens is 292 g/mol. The number of nitrogens with one attached hydrogen (secondary N) is 1. The summed E-state index contributed by atoms with van der Waals surface area (Å²) < 4.78 is 5.61. The Kier molecular flexibility index (Phi) is 3.53. The molecular formula is C17H20N4O2. The first kappa shape index (κ1) is 14.3. The highest BCUT2D eigenvalue weighted by Gasteiger charge is 2.33. The molecule has 23 heavy (non-hydrogen) atoms. The largest absolute Gasteiger partial charge is 0.432 e. The zero-order chi connectivity index (χ0) is 15.8. The van der Waals surface area contributed by atoms with Gasteiger partial charge >= 0.3 is 5.91 Å². The van der Waals surface area contributed by atoms with Gasteiger partial charge in [0.1, 0.15) is 0 Å². The average Bonchev–Trinajstić information content (AvgIpc) is 3.14. The fourth-order valence-corrected chi connectivity index (χ4v) is 3.62. The quantitative estimate of drug-likeness (QED) is 0.844. The third kappa shape index (κ3) is 2.94. The molecule has 3 atom stereocenters. The third-order valence-electron chi connectivity index (χ3n) is 4.67. The van der Waals surface area contributed by atoms with E-state index in [1.165, 1.54) is 13.0 Å². The number of piperidine rings is 1. The summed E-state index contributed by atoms with van der Waals surface area (Å²) in [5.74, 6) is 1.12. The van der Waals surface area contributed by atoms with Crippen molar-refractivity contribution >= 4 is 11.6 Å². The van der Waals surface area contributed by atoms with Crippen molar-refractivity contribution in [3.8, 4) is 11.3 Å². The smallest absolute Gasteiger partial charge is 0.307 e. The number of nitrogens with two attached hydrogens (primary N) is 1. The second-order valence-corrected chi connectivity index (χ2v) is 6.48. The Hall–Kier alpha value is -2.34. The van der Waals surface area contributed by atoms with E-state index in [9.17, 15) is 4.79 Å². The first-order valence-electron chi connectivity index (χ1n) is 8.02. The fourth-order valence-electron chi connectivity index (χ4n) is 3.62.